The summed E-state index contributed by atoms with van der Waals surface area (Å²) < 4.78 is 10.3. The lowest BCUT2D eigenvalue weighted by atomic mass is 10.2. The third kappa shape index (κ3) is 4.23. The number of fused-ring (bicyclic) bond motifs is 1. The molecule has 0 fully saturated rings. The molecule has 0 saturated carbocycles. The number of ether oxygens (including phenoxy) is 2. The Morgan fingerprint density at radius 2 is 2.18 bits per heavy atom. The van der Waals surface area contributed by atoms with Crippen LogP contribution in [0.2, 0.25) is 0 Å². The summed E-state index contributed by atoms with van der Waals surface area (Å²) >= 11 is 2.87. The predicted octanol–water partition coefficient (Wildman–Crippen LogP) is 4.47. The van der Waals surface area contributed by atoms with Crippen LogP contribution in [-0.2, 0) is 10.5 Å². The normalized spacial score (nSPS) is 12.1. The van der Waals surface area contributed by atoms with Crippen molar-refractivity contribution in [3.8, 4) is 5.75 Å². The van der Waals surface area contributed by atoms with Crippen molar-refractivity contribution in [3.05, 3.63) is 56.4 Å². The fraction of sp³-hybridized carbons (Fsp3) is 0.350. The van der Waals surface area contributed by atoms with Crippen molar-refractivity contribution in [2.24, 2.45) is 0 Å². The second kappa shape index (κ2) is 8.79. The van der Waals surface area contributed by atoms with Gasteiger partial charge in [0.1, 0.15) is 21.3 Å². The van der Waals surface area contributed by atoms with E-state index < -0.39 is 5.97 Å². The van der Waals surface area contributed by atoms with Crippen molar-refractivity contribution in [1.82, 2.24) is 9.97 Å². The molecular weight excluding hydrogens is 396 g/mol. The van der Waals surface area contributed by atoms with Gasteiger partial charge in [-0.25, -0.2) is 9.78 Å². The van der Waals surface area contributed by atoms with Crippen LogP contribution in [0, 0.1) is 6.92 Å². The first kappa shape index (κ1) is 20.4. The number of carbonyl (C=O) groups excluding carboxylic acids is 1. The standard InChI is InChI=1S/C20H22N2O4S2/c1-5-26-20(24)16-11(2)15-18(23)21-17(22-19(15)28-16)12(3)27-10-13-7-6-8-14(9-13)25-4/h6-9,12H,5,10H2,1-4H3,(H,21,22,23)/t12-/m1/s1. The second-order valence-corrected chi connectivity index (χ2v) is 8.54. The van der Waals surface area contributed by atoms with Gasteiger partial charge >= 0.3 is 5.97 Å². The third-order valence-corrected chi connectivity index (χ3v) is 6.69. The largest absolute Gasteiger partial charge is 0.497 e. The molecule has 0 amide bonds. The van der Waals surface area contributed by atoms with E-state index >= 15 is 0 Å². The number of aryl methyl sites for hydroxylation is 1. The molecule has 2 aromatic heterocycles. The van der Waals surface area contributed by atoms with E-state index in [0.29, 0.717) is 33.1 Å². The van der Waals surface area contributed by atoms with Crippen LogP contribution in [0.5, 0.6) is 5.75 Å². The number of rotatable bonds is 7. The Morgan fingerprint density at radius 3 is 2.89 bits per heavy atom. The summed E-state index contributed by atoms with van der Waals surface area (Å²) in [6.07, 6.45) is 0. The molecule has 6 nitrogen and oxygen atoms in total. The van der Waals surface area contributed by atoms with Gasteiger partial charge in [-0.15, -0.1) is 23.1 Å². The predicted molar refractivity (Wildman–Crippen MR) is 114 cm³/mol. The van der Waals surface area contributed by atoms with Gasteiger partial charge in [-0.2, -0.15) is 0 Å². The summed E-state index contributed by atoms with van der Waals surface area (Å²) in [6.45, 7) is 5.80. The highest BCUT2D eigenvalue weighted by molar-refractivity contribution is 7.98. The number of nitrogens with one attached hydrogen (secondary N) is 1. The molecule has 0 saturated heterocycles. The Kier molecular flexibility index (Phi) is 6.41. The van der Waals surface area contributed by atoms with E-state index in [9.17, 15) is 9.59 Å². The van der Waals surface area contributed by atoms with E-state index in [1.807, 2.05) is 31.2 Å². The summed E-state index contributed by atoms with van der Waals surface area (Å²) in [7, 11) is 1.65. The SMILES string of the molecule is CCOC(=O)c1sc2nc([C@@H](C)SCc3cccc(OC)c3)[nH]c(=O)c2c1C. The Morgan fingerprint density at radius 1 is 1.39 bits per heavy atom. The lowest BCUT2D eigenvalue weighted by Crippen LogP contribution is -2.13. The number of H-pyrrole nitrogens is 1. The molecule has 28 heavy (non-hydrogen) atoms. The number of carbonyl (C=O) groups is 1. The topological polar surface area (TPSA) is 81.3 Å². The molecule has 0 bridgehead atoms. The Balaban J connectivity index is 1.84. The molecule has 0 radical (unpaired) electrons. The fourth-order valence-electron chi connectivity index (χ4n) is 2.81. The van der Waals surface area contributed by atoms with Gasteiger partial charge in [-0.3, -0.25) is 4.79 Å². The van der Waals surface area contributed by atoms with Gasteiger partial charge in [0.25, 0.3) is 5.56 Å². The van der Waals surface area contributed by atoms with Gasteiger partial charge in [-0.1, -0.05) is 12.1 Å². The first-order valence-corrected chi connectivity index (χ1v) is 10.8. The third-order valence-electron chi connectivity index (χ3n) is 4.30. The number of hydrogen-bond acceptors (Lipinski definition) is 7. The maximum atomic E-state index is 12.6. The number of aromatic amines is 1. The highest BCUT2D eigenvalue weighted by Gasteiger charge is 2.21. The Bertz CT molecular complexity index is 1060. The maximum Gasteiger partial charge on any atom is 0.348 e. The molecule has 1 aromatic carbocycles. The van der Waals surface area contributed by atoms with E-state index in [4.69, 9.17) is 9.47 Å². The summed E-state index contributed by atoms with van der Waals surface area (Å²) in [5.74, 6) is 1.77. The molecular formula is C20H22N2O4S2. The molecule has 1 atom stereocenters. The lowest BCUT2D eigenvalue weighted by molar-refractivity contribution is 0.0531. The number of esters is 1. The molecule has 3 aromatic rings. The minimum absolute atomic E-state index is 0.0169. The zero-order valence-electron chi connectivity index (χ0n) is 16.2. The molecule has 0 aliphatic heterocycles. The second-order valence-electron chi connectivity index (χ2n) is 6.21. The van der Waals surface area contributed by atoms with Crippen LogP contribution < -0.4 is 10.3 Å². The van der Waals surface area contributed by atoms with Gasteiger partial charge in [0.05, 0.1) is 24.4 Å². The van der Waals surface area contributed by atoms with Gasteiger partial charge in [0.2, 0.25) is 0 Å². The molecule has 1 N–H and O–H groups in total. The Hall–Kier alpha value is -2.32. The van der Waals surface area contributed by atoms with Crippen LogP contribution in [0.15, 0.2) is 29.1 Å². The lowest BCUT2D eigenvalue weighted by Gasteiger charge is -2.11. The monoisotopic (exact) mass is 418 g/mol. The van der Waals surface area contributed by atoms with Crippen LogP contribution in [0.25, 0.3) is 10.2 Å². The number of thiophene rings is 1. The molecule has 0 spiro atoms. The zero-order chi connectivity index (χ0) is 20.3. The maximum absolute atomic E-state index is 12.6. The number of benzene rings is 1. The summed E-state index contributed by atoms with van der Waals surface area (Å²) in [5, 5.41) is 0.443. The van der Waals surface area contributed by atoms with Gasteiger partial charge < -0.3 is 14.5 Å². The quantitative estimate of drug-likeness (QED) is 0.570. The van der Waals surface area contributed by atoms with Gasteiger partial charge in [0, 0.05) is 5.75 Å². The van der Waals surface area contributed by atoms with Crippen molar-refractivity contribution in [2.45, 2.75) is 31.8 Å². The Labute approximate surface area is 171 Å². The first-order valence-electron chi connectivity index (χ1n) is 8.89. The van der Waals surface area contributed by atoms with Crippen LogP contribution in [0.3, 0.4) is 0 Å². The molecule has 148 valence electrons. The minimum Gasteiger partial charge on any atom is -0.497 e. The molecule has 8 heteroatoms. The van der Waals surface area contributed by atoms with Crippen molar-refractivity contribution in [2.75, 3.05) is 13.7 Å². The van der Waals surface area contributed by atoms with E-state index in [0.717, 1.165) is 17.1 Å². The van der Waals surface area contributed by atoms with Crippen LogP contribution in [0.1, 0.15) is 45.7 Å². The molecule has 0 aliphatic rings. The van der Waals surface area contributed by atoms with E-state index in [-0.39, 0.29) is 10.8 Å². The fourth-order valence-corrected chi connectivity index (χ4v) is 4.78. The van der Waals surface area contributed by atoms with Crippen LogP contribution >= 0.6 is 23.1 Å². The first-order chi connectivity index (χ1) is 13.4. The van der Waals surface area contributed by atoms with Crippen LogP contribution in [0.4, 0.5) is 0 Å². The number of hydrogen-bond donors (Lipinski definition) is 1. The van der Waals surface area contributed by atoms with E-state index in [1.54, 1.807) is 32.7 Å². The van der Waals surface area contributed by atoms with Gasteiger partial charge in [-0.05, 0) is 44.0 Å². The molecule has 3 rings (SSSR count). The molecule has 2 heterocycles. The minimum atomic E-state index is -0.413. The highest BCUT2D eigenvalue weighted by Crippen LogP contribution is 2.32. The molecule has 0 unspecified atom stereocenters. The van der Waals surface area contributed by atoms with Crippen molar-refractivity contribution in [1.29, 1.82) is 0 Å². The van der Waals surface area contributed by atoms with Crippen molar-refractivity contribution < 1.29 is 14.3 Å². The van der Waals surface area contributed by atoms with E-state index in [2.05, 4.69) is 9.97 Å². The number of nitrogens with zero attached hydrogens (tertiary/aromatic N) is 1. The summed E-state index contributed by atoms with van der Waals surface area (Å²) in [4.78, 5) is 33.2. The van der Waals surface area contributed by atoms with Gasteiger partial charge in [0.15, 0.2) is 0 Å². The zero-order valence-corrected chi connectivity index (χ0v) is 17.8. The summed E-state index contributed by atoms with van der Waals surface area (Å²) in [5.41, 5.74) is 1.53. The molecule has 0 aliphatic carbocycles. The van der Waals surface area contributed by atoms with Crippen molar-refractivity contribution >= 4 is 39.3 Å². The van der Waals surface area contributed by atoms with E-state index in [1.165, 1.54) is 11.3 Å². The van der Waals surface area contributed by atoms with Crippen molar-refractivity contribution in [3.63, 3.8) is 0 Å². The average Bonchev–Trinajstić information content (AvgIpc) is 3.03. The van der Waals surface area contributed by atoms with Crippen LogP contribution in [-0.4, -0.2) is 29.7 Å². The summed E-state index contributed by atoms with van der Waals surface area (Å²) in [6, 6.07) is 7.89. The number of aromatic nitrogens is 2. The average molecular weight is 419 g/mol. The highest BCUT2D eigenvalue weighted by atomic mass is 32.2. The number of methoxy groups -OCH3 is 1. The smallest absolute Gasteiger partial charge is 0.348 e. The number of thioether (sulfide) groups is 1.